The lowest BCUT2D eigenvalue weighted by Crippen LogP contribution is -2.77. The van der Waals surface area contributed by atoms with E-state index in [0.29, 0.717) is 0 Å². The Hall–Kier alpha value is -2.21. The smallest absolute Gasteiger partial charge is 0.268 e. The Morgan fingerprint density at radius 3 is 1.50 bits per heavy atom. The van der Waals surface area contributed by atoms with Crippen LogP contribution in [0.3, 0.4) is 0 Å². The molecule has 1 aliphatic rings. The molecule has 6 atom stereocenters. The SMILES string of the molecule is CC(C)(C)C(=O)[C@]1(O)[C@@](O)(C(=O)C(C)(C)C)O[C@@H]([C@@H](N=[N+]=[N-])C(=O)C(O)C(C)(C)C)[C@@]1(O)C(=O)C(C)(C)C. The van der Waals surface area contributed by atoms with Crippen LogP contribution in [-0.4, -0.2) is 78.8 Å². The van der Waals surface area contributed by atoms with Crippen LogP contribution in [0, 0.1) is 21.7 Å². The zero-order chi connectivity index (χ0) is 30.7. The number of carbonyl (C=O) groups is 4. The summed E-state index contributed by atoms with van der Waals surface area (Å²) in [5.41, 5.74) is -3.63. The minimum absolute atomic E-state index is 1.12. The van der Waals surface area contributed by atoms with E-state index < -0.39 is 80.0 Å². The van der Waals surface area contributed by atoms with Gasteiger partial charge in [0.2, 0.25) is 11.4 Å². The number of carbonyl (C=O) groups excluding carboxylic acids is 4. The second-order valence-corrected chi connectivity index (χ2v) is 14.2. The largest absolute Gasteiger partial charge is 0.385 e. The highest BCUT2D eigenvalue weighted by Crippen LogP contribution is 2.54. The van der Waals surface area contributed by atoms with Gasteiger partial charge in [-0.2, -0.15) is 0 Å². The Kier molecular flexibility index (Phi) is 8.69. The number of rotatable bonds is 7. The molecule has 38 heavy (non-hydrogen) atoms. The molecular weight excluding hydrogens is 498 g/mol. The highest BCUT2D eigenvalue weighted by molar-refractivity contribution is 6.10. The molecule has 1 rings (SSSR count). The van der Waals surface area contributed by atoms with Crippen LogP contribution in [-0.2, 0) is 23.9 Å². The molecule has 1 heterocycles. The summed E-state index contributed by atoms with van der Waals surface area (Å²) < 4.78 is 5.57. The molecule has 12 nitrogen and oxygen atoms in total. The average molecular weight is 542 g/mol. The van der Waals surface area contributed by atoms with Gasteiger partial charge in [0.05, 0.1) is 0 Å². The maximum atomic E-state index is 13.9. The van der Waals surface area contributed by atoms with E-state index in [1.807, 2.05) is 0 Å². The molecule has 1 aliphatic heterocycles. The normalized spacial score (nSPS) is 30.3. The zero-order valence-electron chi connectivity index (χ0n) is 24.4. The molecule has 0 aliphatic carbocycles. The molecule has 1 fully saturated rings. The number of hydrogen-bond acceptors (Lipinski definition) is 10. The number of Topliss-reactive ketones (excluding diaryl/α,β-unsaturated/α-hetero) is 4. The molecule has 1 saturated heterocycles. The van der Waals surface area contributed by atoms with Crippen molar-refractivity contribution >= 4 is 23.1 Å². The van der Waals surface area contributed by atoms with Gasteiger partial charge in [0.1, 0.15) is 18.2 Å². The molecule has 0 aromatic heterocycles. The van der Waals surface area contributed by atoms with Crippen molar-refractivity contribution < 1.29 is 44.3 Å². The third-order valence-electron chi connectivity index (χ3n) is 6.62. The first-order valence-electron chi connectivity index (χ1n) is 12.3. The Labute approximate surface area is 223 Å². The molecule has 0 saturated carbocycles. The van der Waals surface area contributed by atoms with Gasteiger partial charge in [-0.1, -0.05) is 88.2 Å². The van der Waals surface area contributed by atoms with E-state index in [2.05, 4.69) is 10.0 Å². The zero-order valence-corrected chi connectivity index (χ0v) is 24.4. The van der Waals surface area contributed by atoms with E-state index in [1.165, 1.54) is 83.1 Å². The first-order chi connectivity index (χ1) is 16.6. The Morgan fingerprint density at radius 2 is 1.18 bits per heavy atom. The fraction of sp³-hybridized carbons (Fsp3) is 0.846. The molecule has 0 aromatic rings. The number of azide groups is 1. The molecule has 0 aromatic carbocycles. The summed E-state index contributed by atoms with van der Waals surface area (Å²) in [6.07, 6.45) is -4.28. The fourth-order valence-corrected chi connectivity index (χ4v) is 4.48. The minimum atomic E-state index is -3.66. The van der Waals surface area contributed by atoms with E-state index >= 15 is 0 Å². The first-order valence-corrected chi connectivity index (χ1v) is 12.3. The van der Waals surface area contributed by atoms with E-state index in [0.717, 1.165) is 0 Å². The Balaban J connectivity index is 4.35. The van der Waals surface area contributed by atoms with Crippen LogP contribution in [0.25, 0.3) is 10.4 Å². The monoisotopic (exact) mass is 541 g/mol. The highest BCUT2D eigenvalue weighted by Gasteiger charge is 2.84. The van der Waals surface area contributed by atoms with Crippen molar-refractivity contribution in [1.29, 1.82) is 0 Å². The van der Waals surface area contributed by atoms with E-state index in [-0.39, 0.29) is 0 Å². The Bertz CT molecular complexity index is 1050. The summed E-state index contributed by atoms with van der Waals surface area (Å²) in [7, 11) is 0. The predicted octanol–water partition coefficient (Wildman–Crippen LogP) is 2.04. The molecule has 216 valence electrons. The number of ether oxygens (including phenoxy) is 1. The van der Waals surface area contributed by atoms with Gasteiger partial charge in [0.15, 0.2) is 23.0 Å². The first kappa shape index (κ1) is 33.8. The summed E-state index contributed by atoms with van der Waals surface area (Å²) in [4.78, 5) is 57.5. The van der Waals surface area contributed by atoms with Gasteiger partial charge in [-0.25, -0.2) is 0 Å². The molecule has 12 heteroatoms. The van der Waals surface area contributed by atoms with Crippen LogP contribution < -0.4 is 0 Å². The van der Waals surface area contributed by atoms with Crippen molar-refractivity contribution in [3.05, 3.63) is 10.4 Å². The Morgan fingerprint density at radius 1 is 0.789 bits per heavy atom. The minimum Gasteiger partial charge on any atom is -0.385 e. The van der Waals surface area contributed by atoms with Crippen LogP contribution in [0.1, 0.15) is 83.1 Å². The van der Waals surface area contributed by atoms with Crippen molar-refractivity contribution in [3.8, 4) is 0 Å². The summed E-state index contributed by atoms with van der Waals surface area (Å²) in [6, 6.07) is -2.24. The number of ketones is 4. The van der Waals surface area contributed by atoms with Gasteiger partial charge in [0, 0.05) is 21.2 Å². The lowest BCUT2D eigenvalue weighted by molar-refractivity contribution is -0.258. The van der Waals surface area contributed by atoms with Crippen molar-refractivity contribution in [1.82, 2.24) is 0 Å². The van der Waals surface area contributed by atoms with Gasteiger partial charge in [-0.15, -0.1) is 0 Å². The maximum Gasteiger partial charge on any atom is 0.268 e. The van der Waals surface area contributed by atoms with E-state index in [4.69, 9.17) is 4.74 Å². The third kappa shape index (κ3) is 5.17. The van der Waals surface area contributed by atoms with Crippen LogP contribution in [0.4, 0.5) is 0 Å². The molecule has 0 amide bonds. The average Bonchev–Trinajstić information content (AvgIpc) is 2.92. The number of aliphatic hydroxyl groups is 4. The van der Waals surface area contributed by atoms with E-state index in [1.54, 1.807) is 0 Å². The quantitative estimate of drug-likeness (QED) is 0.211. The lowest BCUT2D eigenvalue weighted by atomic mass is 9.59. The van der Waals surface area contributed by atoms with Crippen molar-refractivity contribution in [2.45, 2.75) is 118 Å². The topological polar surface area (TPSA) is 207 Å². The predicted molar refractivity (Wildman–Crippen MR) is 137 cm³/mol. The standard InChI is InChI=1S/C26H43N3O9/c1-20(2,3)15(31)14(30)13(28-29-27)16-24(35,17(32)21(4,5)6)25(36,18(33)22(7,8)9)26(37,38-16)19(34)23(10,11)12/h13,15-16,31,35-37H,1-12H3/t13-,15?,16-,24+,25+,26+/m0/s1. The van der Waals surface area contributed by atoms with Gasteiger partial charge in [-0.05, 0) is 10.9 Å². The van der Waals surface area contributed by atoms with Gasteiger partial charge < -0.3 is 25.2 Å². The maximum absolute atomic E-state index is 13.9. The van der Waals surface area contributed by atoms with Gasteiger partial charge >= 0.3 is 0 Å². The van der Waals surface area contributed by atoms with Crippen LogP contribution in [0.15, 0.2) is 5.11 Å². The molecule has 4 N–H and O–H groups in total. The summed E-state index contributed by atoms with van der Waals surface area (Å²) in [5, 5.41) is 50.2. The van der Waals surface area contributed by atoms with Crippen LogP contribution in [0.5, 0.6) is 0 Å². The molecule has 0 bridgehead atoms. The van der Waals surface area contributed by atoms with Crippen molar-refractivity contribution in [2.24, 2.45) is 26.8 Å². The van der Waals surface area contributed by atoms with Crippen molar-refractivity contribution in [2.75, 3.05) is 0 Å². The summed E-state index contributed by atoms with van der Waals surface area (Å²) in [6.45, 7) is 16.5. The summed E-state index contributed by atoms with van der Waals surface area (Å²) >= 11 is 0. The second-order valence-electron chi connectivity index (χ2n) is 14.2. The number of hydrogen-bond donors (Lipinski definition) is 4. The van der Waals surface area contributed by atoms with Crippen molar-refractivity contribution in [3.63, 3.8) is 0 Å². The van der Waals surface area contributed by atoms with Gasteiger partial charge in [0.25, 0.3) is 5.79 Å². The number of nitrogens with zero attached hydrogens (tertiary/aromatic N) is 3. The summed E-state index contributed by atoms with van der Waals surface area (Å²) in [5.74, 6) is -8.68. The number of aliphatic hydroxyl groups excluding tert-OH is 1. The molecule has 0 radical (unpaired) electrons. The fourth-order valence-electron chi connectivity index (χ4n) is 4.48. The van der Waals surface area contributed by atoms with Crippen LogP contribution >= 0.6 is 0 Å². The molecule has 1 unspecified atom stereocenters. The van der Waals surface area contributed by atoms with E-state index in [9.17, 15) is 45.1 Å². The van der Waals surface area contributed by atoms with Crippen LogP contribution in [0.2, 0.25) is 0 Å². The molecular formula is C26H43N3O9. The second kappa shape index (κ2) is 9.76. The third-order valence-corrected chi connectivity index (χ3v) is 6.62. The molecule has 0 spiro atoms. The van der Waals surface area contributed by atoms with Gasteiger partial charge in [-0.3, -0.25) is 19.2 Å². The lowest BCUT2D eigenvalue weighted by Gasteiger charge is -2.46. The highest BCUT2D eigenvalue weighted by atomic mass is 16.7.